The van der Waals surface area contributed by atoms with Gasteiger partial charge in [-0.25, -0.2) is 0 Å². The lowest BCUT2D eigenvalue weighted by Crippen LogP contribution is -2.46. The number of benzene rings is 3. The largest absolute Gasteiger partial charge is 0.508 e. The van der Waals surface area contributed by atoms with Gasteiger partial charge in [-0.2, -0.15) is 0 Å². The third-order valence-corrected chi connectivity index (χ3v) is 7.60. The summed E-state index contributed by atoms with van der Waals surface area (Å²) in [5.74, 6) is 1.50. The Morgan fingerprint density at radius 1 is 1.08 bits per heavy atom. The van der Waals surface area contributed by atoms with Gasteiger partial charge in [0, 0.05) is 30.6 Å². The first-order valence-electron chi connectivity index (χ1n) is 13.2. The second-order valence-corrected chi connectivity index (χ2v) is 10.3. The molecule has 3 aromatic carbocycles. The van der Waals surface area contributed by atoms with Crippen LogP contribution in [0.25, 0.3) is 0 Å². The first kappa shape index (κ1) is 25.3. The molecule has 0 aliphatic carbocycles. The van der Waals surface area contributed by atoms with Crippen LogP contribution < -0.4 is 4.74 Å². The van der Waals surface area contributed by atoms with Crippen molar-refractivity contribution in [2.24, 2.45) is 5.92 Å². The Hall–Kier alpha value is -3.38. The van der Waals surface area contributed by atoms with Crippen LogP contribution in [-0.2, 0) is 6.42 Å². The molecule has 6 heteroatoms. The van der Waals surface area contributed by atoms with E-state index in [1.807, 2.05) is 71.6 Å². The van der Waals surface area contributed by atoms with E-state index in [2.05, 4.69) is 11.8 Å². The van der Waals surface area contributed by atoms with Gasteiger partial charge in [0.15, 0.2) is 0 Å². The van der Waals surface area contributed by atoms with E-state index in [-0.39, 0.29) is 30.4 Å². The van der Waals surface area contributed by atoms with Crippen LogP contribution in [0.2, 0.25) is 0 Å². The number of ether oxygens (including phenoxy) is 1. The molecule has 0 saturated carbocycles. The van der Waals surface area contributed by atoms with Crippen molar-refractivity contribution >= 4 is 5.91 Å². The van der Waals surface area contributed by atoms with Crippen molar-refractivity contribution < 1.29 is 19.0 Å². The third kappa shape index (κ3) is 5.64. The van der Waals surface area contributed by atoms with Crippen LogP contribution in [0.15, 0.2) is 72.8 Å². The van der Waals surface area contributed by atoms with Crippen molar-refractivity contribution in [2.75, 3.05) is 32.9 Å². The quantitative estimate of drug-likeness (QED) is 0.434. The number of phenols is 1. The predicted octanol–water partition coefficient (Wildman–Crippen LogP) is 5.63. The summed E-state index contributed by atoms with van der Waals surface area (Å²) in [6, 6.07) is 22.6. The molecule has 0 bridgehead atoms. The molecule has 5 rings (SSSR count). The number of hydrogen-bond acceptors (Lipinski definition) is 4. The maximum absolute atomic E-state index is 13.7. The number of nitrogens with zero attached hydrogens (tertiary/aromatic N) is 2. The summed E-state index contributed by atoms with van der Waals surface area (Å²) in [6.45, 7) is 5.23. The number of fused-ring (bicyclic) bond motifs is 1. The van der Waals surface area contributed by atoms with Gasteiger partial charge in [0.25, 0.3) is 5.91 Å². The highest BCUT2D eigenvalue weighted by atomic mass is 19.1. The molecule has 194 valence electrons. The number of amides is 1. The van der Waals surface area contributed by atoms with Crippen LogP contribution in [0.1, 0.15) is 52.9 Å². The minimum absolute atomic E-state index is 0.00398. The fourth-order valence-corrected chi connectivity index (χ4v) is 5.74. The van der Waals surface area contributed by atoms with Gasteiger partial charge in [-0.1, -0.05) is 36.4 Å². The van der Waals surface area contributed by atoms with Crippen LogP contribution in [0.3, 0.4) is 0 Å². The van der Waals surface area contributed by atoms with Crippen LogP contribution in [0.5, 0.6) is 11.5 Å². The second-order valence-electron chi connectivity index (χ2n) is 10.3. The topological polar surface area (TPSA) is 53.0 Å². The lowest BCUT2D eigenvalue weighted by molar-refractivity contribution is 0.0603. The molecule has 5 nitrogen and oxygen atoms in total. The molecule has 3 aromatic rings. The second kappa shape index (κ2) is 11.3. The number of alkyl halides is 1. The van der Waals surface area contributed by atoms with Crippen molar-refractivity contribution in [1.29, 1.82) is 0 Å². The van der Waals surface area contributed by atoms with Gasteiger partial charge >= 0.3 is 0 Å². The zero-order valence-corrected chi connectivity index (χ0v) is 21.4. The molecule has 0 spiro atoms. The summed E-state index contributed by atoms with van der Waals surface area (Å²) < 4.78 is 18.6. The Kier molecular flexibility index (Phi) is 7.75. The van der Waals surface area contributed by atoms with Crippen LogP contribution in [-0.4, -0.2) is 59.8 Å². The monoisotopic (exact) mass is 502 g/mol. The van der Waals surface area contributed by atoms with E-state index in [1.54, 1.807) is 6.07 Å². The van der Waals surface area contributed by atoms with Crippen molar-refractivity contribution in [2.45, 2.75) is 38.3 Å². The molecule has 3 atom stereocenters. The Labute approximate surface area is 218 Å². The summed E-state index contributed by atoms with van der Waals surface area (Å²) in [6.07, 6.45) is 2.36. The molecule has 3 unspecified atom stereocenters. The molecule has 1 N–H and O–H groups in total. The van der Waals surface area contributed by atoms with Gasteiger partial charge in [0.05, 0.1) is 19.3 Å². The SMILES string of the molecule is CC1Cc2cc(O)ccc2C(c2ccc(OCC3CCN(CCCF)C3)cc2)N1C(=O)c1ccccc1. The molecule has 2 heterocycles. The standard InChI is InChI=1S/C31H35FN2O3/c1-22-18-26-19-27(35)10-13-29(26)30(34(22)31(36)25-6-3-2-4-7-25)24-8-11-28(12-9-24)37-21-23-14-17-33(20-23)16-5-15-32/h2-4,6-13,19,22-23,30,35H,5,14-18,20-21H2,1H3. The fraction of sp³-hybridized carbons (Fsp3) is 0.387. The van der Waals surface area contributed by atoms with Gasteiger partial charge in [-0.3, -0.25) is 9.18 Å². The van der Waals surface area contributed by atoms with Crippen molar-refractivity contribution in [3.05, 3.63) is 95.1 Å². The number of rotatable bonds is 8. The Morgan fingerprint density at radius 3 is 2.62 bits per heavy atom. The normalized spacial score (nSPS) is 21.6. The Morgan fingerprint density at radius 2 is 1.86 bits per heavy atom. The summed E-state index contributed by atoms with van der Waals surface area (Å²) in [4.78, 5) is 18.0. The van der Waals surface area contributed by atoms with Crippen LogP contribution >= 0.6 is 0 Å². The third-order valence-electron chi connectivity index (χ3n) is 7.60. The fourth-order valence-electron chi connectivity index (χ4n) is 5.74. The van der Waals surface area contributed by atoms with Gasteiger partial charge in [0.1, 0.15) is 11.5 Å². The summed E-state index contributed by atoms with van der Waals surface area (Å²) in [7, 11) is 0. The van der Waals surface area contributed by atoms with Crippen molar-refractivity contribution in [3.8, 4) is 11.5 Å². The Balaban J connectivity index is 1.36. The highest BCUT2D eigenvalue weighted by Gasteiger charge is 2.37. The molecule has 37 heavy (non-hydrogen) atoms. The molecule has 0 aromatic heterocycles. The van der Waals surface area contributed by atoms with Crippen LogP contribution in [0.4, 0.5) is 4.39 Å². The van der Waals surface area contributed by atoms with E-state index in [1.165, 1.54) is 0 Å². The molecule has 2 aliphatic heterocycles. The molecular weight excluding hydrogens is 467 g/mol. The minimum Gasteiger partial charge on any atom is -0.508 e. The highest BCUT2D eigenvalue weighted by molar-refractivity contribution is 5.95. The average Bonchev–Trinajstić information content (AvgIpc) is 3.38. The summed E-state index contributed by atoms with van der Waals surface area (Å²) in [5, 5.41) is 10.1. The Bertz CT molecular complexity index is 1200. The highest BCUT2D eigenvalue weighted by Crippen LogP contribution is 2.40. The van der Waals surface area contributed by atoms with Crippen molar-refractivity contribution in [3.63, 3.8) is 0 Å². The number of halogens is 1. The maximum atomic E-state index is 13.7. The maximum Gasteiger partial charge on any atom is 0.254 e. The number of likely N-dealkylation sites (tertiary alicyclic amines) is 1. The molecule has 1 amide bonds. The number of phenolic OH excluding ortho intramolecular Hbond substituents is 1. The van der Waals surface area contributed by atoms with Gasteiger partial charge < -0.3 is 19.6 Å². The summed E-state index contributed by atoms with van der Waals surface area (Å²) in [5.41, 5.74) is 3.77. The summed E-state index contributed by atoms with van der Waals surface area (Å²) >= 11 is 0. The minimum atomic E-state index is -0.264. The average molecular weight is 503 g/mol. The molecular formula is C31H35FN2O3. The number of carbonyl (C=O) groups is 1. The van der Waals surface area contributed by atoms with E-state index < -0.39 is 0 Å². The smallest absolute Gasteiger partial charge is 0.254 e. The lowest BCUT2D eigenvalue weighted by Gasteiger charge is -2.42. The number of aromatic hydroxyl groups is 1. The first-order valence-corrected chi connectivity index (χ1v) is 13.2. The zero-order chi connectivity index (χ0) is 25.8. The van der Waals surface area contributed by atoms with E-state index in [0.29, 0.717) is 30.9 Å². The van der Waals surface area contributed by atoms with Crippen LogP contribution in [0, 0.1) is 5.92 Å². The van der Waals surface area contributed by atoms with Gasteiger partial charge in [-0.15, -0.1) is 0 Å². The van der Waals surface area contributed by atoms with E-state index >= 15 is 0 Å². The van der Waals surface area contributed by atoms with Crippen molar-refractivity contribution in [1.82, 2.24) is 9.80 Å². The van der Waals surface area contributed by atoms with E-state index in [0.717, 1.165) is 48.5 Å². The van der Waals surface area contributed by atoms with Gasteiger partial charge in [0.2, 0.25) is 0 Å². The molecule has 1 fully saturated rings. The van der Waals surface area contributed by atoms with E-state index in [4.69, 9.17) is 4.74 Å². The lowest BCUT2D eigenvalue weighted by atomic mass is 9.84. The number of hydrogen-bond donors (Lipinski definition) is 1. The van der Waals surface area contributed by atoms with E-state index in [9.17, 15) is 14.3 Å². The zero-order valence-electron chi connectivity index (χ0n) is 21.4. The molecule has 2 aliphatic rings. The molecule has 0 radical (unpaired) electrons. The predicted molar refractivity (Wildman–Crippen MR) is 143 cm³/mol. The van der Waals surface area contributed by atoms with Gasteiger partial charge in [-0.05, 0) is 85.8 Å². The first-order chi connectivity index (χ1) is 18.0. The molecule has 1 saturated heterocycles. The number of carbonyl (C=O) groups excluding carboxylic acids is 1.